The summed E-state index contributed by atoms with van der Waals surface area (Å²) in [6.07, 6.45) is 0.209. The van der Waals surface area contributed by atoms with E-state index in [0.717, 1.165) is 5.56 Å². The van der Waals surface area contributed by atoms with Crippen molar-refractivity contribution < 1.29 is 23.8 Å². The molecule has 0 unspecified atom stereocenters. The number of likely N-dealkylation sites (tertiary alicyclic amines) is 1. The molecule has 1 saturated heterocycles. The number of carbonyl (C=O) groups is 2. The van der Waals surface area contributed by atoms with E-state index in [-0.39, 0.29) is 24.2 Å². The van der Waals surface area contributed by atoms with Crippen LogP contribution in [0.3, 0.4) is 0 Å². The van der Waals surface area contributed by atoms with Crippen LogP contribution in [0.4, 0.5) is 5.13 Å². The lowest BCUT2D eigenvalue weighted by molar-refractivity contribution is -0.127. The fraction of sp³-hybridized carbons (Fsp3) is 0.412. The Kier molecular flexibility index (Phi) is 5.45. The molecule has 1 atom stereocenters. The van der Waals surface area contributed by atoms with Crippen LogP contribution in [0, 0.1) is 5.92 Å². The highest BCUT2D eigenvalue weighted by atomic mass is 32.1. The first-order valence-corrected chi connectivity index (χ1v) is 8.97. The number of nitrogens with one attached hydrogen (secondary N) is 1. The van der Waals surface area contributed by atoms with Crippen molar-refractivity contribution in [1.82, 2.24) is 15.1 Å². The van der Waals surface area contributed by atoms with E-state index in [2.05, 4.69) is 15.5 Å². The van der Waals surface area contributed by atoms with Crippen molar-refractivity contribution in [2.75, 3.05) is 40.2 Å². The zero-order valence-corrected chi connectivity index (χ0v) is 16.3. The second-order valence-corrected chi connectivity index (χ2v) is 6.97. The minimum absolute atomic E-state index is 0.0366. The number of ether oxygens (including phenoxy) is 3. The standard InChI is InChI=1S/C17H20N4O5S/c1-21-8-10(7-13(21)22)15(23)18-17-20-19-16(27-17)9-5-11(24-2)14(26-4)12(6-9)25-3/h5-6,10H,7-8H2,1-4H3,(H,18,20,23)/t10-/m0/s1. The highest BCUT2D eigenvalue weighted by Gasteiger charge is 2.32. The summed E-state index contributed by atoms with van der Waals surface area (Å²) >= 11 is 1.22. The van der Waals surface area contributed by atoms with Gasteiger partial charge in [-0.15, -0.1) is 10.2 Å². The van der Waals surface area contributed by atoms with Crippen LogP contribution in [-0.4, -0.2) is 61.8 Å². The third kappa shape index (κ3) is 3.80. The molecule has 2 amide bonds. The second kappa shape index (κ2) is 7.78. The topological polar surface area (TPSA) is 103 Å². The van der Waals surface area contributed by atoms with Crippen LogP contribution in [0.15, 0.2) is 12.1 Å². The van der Waals surface area contributed by atoms with Crippen molar-refractivity contribution in [3.8, 4) is 27.8 Å². The molecule has 1 N–H and O–H groups in total. The maximum absolute atomic E-state index is 12.3. The van der Waals surface area contributed by atoms with E-state index in [1.165, 1.54) is 32.7 Å². The molecule has 2 heterocycles. The molecule has 1 aromatic carbocycles. The Morgan fingerprint density at radius 1 is 1.19 bits per heavy atom. The van der Waals surface area contributed by atoms with E-state index < -0.39 is 0 Å². The molecule has 0 saturated carbocycles. The van der Waals surface area contributed by atoms with Crippen LogP contribution in [0.25, 0.3) is 10.6 Å². The highest BCUT2D eigenvalue weighted by Crippen LogP contribution is 2.42. The Morgan fingerprint density at radius 3 is 2.37 bits per heavy atom. The summed E-state index contributed by atoms with van der Waals surface area (Å²) in [5.74, 6) is 0.832. The number of rotatable bonds is 6. The lowest BCUT2D eigenvalue weighted by Crippen LogP contribution is -2.25. The van der Waals surface area contributed by atoms with Gasteiger partial charge in [0, 0.05) is 25.6 Å². The van der Waals surface area contributed by atoms with E-state index in [9.17, 15) is 9.59 Å². The predicted octanol–water partition coefficient (Wildman–Crippen LogP) is 1.65. The summed E-state index contributed by atoms with van der Waals surface area (Å²) in [5, 5.41) is 11.8. The van der Waals surface area contributed by atoms with Crippen molar-refractivity contribution in [3.05, 3.63) is 12.1 Å². The first-order valence-electron chi connectivity index (χ1n) is 8.15. The molecule has 9 nitrogen and oxygen atoms in total. The SMILES string of the molecule is COc1cc(-c2nnc(NC(=O)[C@H]3CC(=O)N(C)C3)s2)cc(OC)c1OC. The number of hydrogen-bond acceptors (Lipinski definition) is 8. The Hall–Kier alpha value is -2.88. The summed E-state index contributed by atoms with van der Waals surface area (Å²) in [7, 11) is 6.28. The number of carbonyl (C=O) groups excluding carboxylic acids is 2. The molecule has 1 aliphatic heterocycles. The third-order valence-corrected chi connectivity index (χ3v) is 5.17. The molecule has 1 aliphatic rings. The van der Waals surface area contributed by atoms with Crippen LogP contribution in [0.1, 0.15) is 6.42 Å². The summed E-state index contributed by atoms with van der Waals surface area (Å²) in [6, 6.07) is 3.52. The predicted molar refractivity (Wildman–Crippen MR) is 99.4 cm³/mol. The summed E-state index contributed by atoms with van der Waals surface area (Å²) in [5.41, 5.74) is 0.721. The number of aromatic nitrogens is 2. The summed E-state index contributed by atoms with van der Waals surface area (Å²) in [6.45, 7) is 0.406. The largest absolute Gasteiger partial charge is 0.493 e. The number of amides is 2. The lowest BCUT2D eigenvalue weighted by Gasteiger charge is -2.13. The fourth-order valence-electron chi connectivity index (χ4n) is 2.84. The molecule has 2 aromatic rings. The van der Waals surface area contributed by atoms with Gasteiger partial charge >= 0.3 is 0 Å². The van der Waals surface area contributed by atoms with E-state index in [4.69, 9.17) is 14.2 Å². The van der Waals surface area contributed by atoms with Crippen molar-refractivity contribution in [3.63, 3.8) is 0 Å². The van der Waals surface area contributed by atoms with Gasteiger partial charge in [-0.1, -0.05) is 11.3 Å². The molecule has 27 heavy (non-hydrogen) atoms. The highest BCUT2D eigenvalue weighted by molar-refractivity contribution is 7.18. The van der Waals surface area contributed by atoms with Crippen LogP contribution >= 0.6 is 11.3 Å². The van der Waals surface area contributed by atoms with Gasteiger partial charge in [0.2, 0.25) is 22.7 Å². The van der Waals surface area contributed by atoms with Crippen LogP contribution < -0.4 is 19.5 Å². The minimum atomic E-state index is -0.379. The van der Waals surface area contributed by atoms with Crippen molar-refractivity contribution in [1.29, 1.82) is 0 Å². The van der Waals surface area contributed by atoms with E-state index in [0.29, 0.717) is 33.9 Å². The number of hydrogen-bond donors (Lipinski definition) is 1. The first-order chi connectivity index (χ1) is 13.0. The van der Waals surface area contributed by atoms with Gasteiger partial charge in [-0.3, -0.25) is 9.59 Å². The van der Waals surface area contributed by atoms with Crippen molar-refractivity contribution in [2.24, 2.45) is 5.92 Å². The van der Waals surface area contributed by atoms with Crippen LogP contribution in [-0.2, 0) is 9.59 Å². The van der Waals surface area contributed by atoms with Gasteiger partial charge < -0.3 is 24.4 Å². The molecule has 1 aromatic heterocycles. The lowest BCUT2D eigenvalue weighted by atomic mass is 10.1. The Morgan fingerprint density at radius 2 is 1.85 bits per heavy atom. The molecular weight excluding hydrogens is 372 g/mol. The molecule has 0 bridgehead atoms. The molecule has 0 radical (unpaired) electrons. The van der Waals surface area contributed by atoms with E-state index in [1.54, 1.807) is 24.1 Å². The van der Waals surface area contributed by atoms with Gasteiger partial charge in [-0.05, 0) is 12.1 Å². The average molecular weight is 392 g/mol. The Balaban J connectivity index is 1.79. The average Bonchev–Trinajstić information content (AvgIpc) is 3.27. The first kappa shape index (κ1) is 18.9. The smallest absolute Gasteiger partial charge is 0.231 e. The maximum Gasteiger partial charge on any atom is 0.231 e. The third-order valence-electron chi connectivity index (χ3n) is 4.28. The number of nitrogens with zero attached hydrogens (tertiary/aromatic N) is 3. The summed E-state index contributed by atoms with van der Waals surface area (Å²) < 4.78 is 16.0. The number of anilines is 1. The molecule has 0 aliphatic carbocycles. The Labute approximate surface area is 160 Å². The van der Waals surface area contributed by atoms with Gasteiger partial charge in [-0.2, -0.15) is 0 Å². The van der Waals surface area contributed by atoms with Gasteiger partial charge in [0.05, 0.1) is 27.2 Å². The van der Waals surface area contributed by atoms with Crippen molar-refractivity contribution >= 4 is 28.3 Å². The Bertz CT molecular complexity index is 844. The molecule has 1 fully saturated rings. The van der Waals surface area contributed by atoms with Crippen molar-refractivity contribution in [2.45, 2.75) is 6.42 Å². The fourth-order valence-corrected chi connectivity index (χ4v) is 3.58. The zero-order valence-electron chi connectivity index (χ0n) is 15.4. The summed E-state index contributed by atoms with van der Waals surface area (Å²) in [4.78, 5) is 25.5. The monoisotopic (exact) mass is 392 g/mol. The maximum atomic E-state index is 12.3. The molecule has 3 rings (SSSR count). The van der Waals surface area contributed by atoms with Crippen LogP contribution in [0.2, 0.25) is 0 Å². The van der Waals surface area contributed by atoms with Crippen LogP contribution in [0.5, 0.6) is 17.2 Å². The molecule has 10 heteroatoms. The molecule has 144 valence electrons. The normalized spacial score (nSPS) is 16.4. The van der Waals surface area contributed by atoms with Gasteiger partial charge in [0.1, 0.15) is 5.01 Å². The minimum Gasteiger partial charge on any atom is -0.493 e. The number of benzene rings is 1. The van der Waals surface area contributed by atoms with E-state index in [1.807, 2.05) is 0 Å². The van der Waals surface area contributed by atoms with Gasteiger partial charge in [0.25, 0.3) is 0 Å². The van der Waals surface area contributed by atoms with Gasteiger partial charge in [0.15, 0.2) is 11.5 Å². The molecule has 0 spiro atoms. The number of methoxy groups -OCH3 is 3. The van der Waals surface area contributed by atoms with E-state index >= 15 is 0 Å². The quantitative estimate of drug-likeness (QED) is 0.797. The van der Waals surface area contributed by atoms with Gasteiger partial charge in [-0.25, -0.2) is 0 Å². The zero-order chi connectivity index (χ0) is 19.6. The second-order valence-electron chi connectivity index (χ2n) is 5.99. The molecular formula is C17H20N4O5S.